The van der Waals surface area contributed by atoms with E-state index in [0.29, 0.717) is 0 Å². The van der Waals surface area contributed by atoms with Crippen LogP contribution in [0.25, 0.3) is 0 Å². The Morgan fingerprint density at radius 3 is 2.19 bits per heavy atom. The van der Waals surface area contributed by atoms with Crippen molar-refractivity contribution in [2.75, 3.05) is 13.6 Å². The highest BCUT2D eigenvalue weighted by atomic mass is 16.7. The van der Waals surface area contributed by atoms with Crippen LogP contribution >= 0.6 is 0 Å². The molecule has 36 heavy (non-hydrogen) atoms. The lowest BCUT2D eigenvalue weighted by Crippen LogP contribution is -2.22. The van der Waals surface area contributed by atoms with E-state index in [1.807, 2.05) is 7.05 Å². The van der Waals surface area contributed by atoms with Gasteiger partial charge in [-0.15, -0.1) is 0 Å². The van der Waals surface area contributed by atoms with Crippen molar-refractivity contribution in [2.24, 2.45) is 0 Å². The molecule has 1 aliphatic heterocycles. The maximum atomic E-state index is 6.30. The van der Waals surface area contributed by atoms with Gasteiger partial charge in [0.25, 0.3) is 0 Å². The first kappa shape index (κ1) is 25.6. The number of fused-ring (bicyclic) bond motifs is 2. The van der Waals surface area contributed by atoms with Gasteiger partial charge in [-0.1, -0.05) is 87.0 Å². The predicted octanol–water partition coefficient (Wildman–Crippen LogP) is 7.85. The number of hydrogen-bond donors (Lipinski definition) is 0. The maximum absolute atomic E-state index is 6.30. The second kappa shape index (κ2) is 11.5. The van der Waals surface area contributed by atoms with Crippen LogP contribution in [0.4, 0.5) is 0 Å². The zero-order chi connectivity index (χ0) is 25.7. The van der Waals surface area contributed by atoms with E-state index < -0.39 is 0 Å². The van der Waals surface area contributed by atoms with Gasteiger partial charge in [0.2, 0.25) is 0 Å². The summed E-state index contributed by atoms with van der Waals surface area (Å²) in [5, 5.41) is 1.79. The third-order valence-electron chi connectivity index (χ3n) is 7.57. The topological polar surface area (TPSA) is 15.7 Å². The standard InChI is InChI=1S/C33H40N2O/c1-24(23-35-26(3)18-19-27(35)4)12-11-13-25(2)34(6)36-28(5)33-22-31-16-8-7-14-29(31)20-21-30-15-9-10-17-32(30)33/h7-10,14-17,33H,1-5,11-13,18-23H2,6H3. The van der Waals surface area contributed by atoms with Crippen molar-refractivity contribution >= 4 is 0 Å². The second-order valence-electron chi connectivity index (χ2n) is 10.2. The van der Waals surface area contributed by atoms with Gasteiger partial charge in [0.05, 0.1) is 0 Å². The minimum atomic E-state index is 0.0966. The number of nitrogens with zero attached hydrogens (tertiary/aromatic N) is 2. The lowest BCUT2D eigenvalue weighted by Gasteiger charge is -2.30. The normalized spacial score (nSPS) is 17.0. The number of rotatable bonds is 10. The van der Waals surface area contributed by atoms with Crippen LogP contribution < -0.4 is 0 Å². The summed E-state index contributed by atoms with van der Waals surface area (Å²) in [5.41, 5.74) is 9.94. The summed E-state index contributed by atoms with van der Waals surface area (Å²) in [4.78, 5) is 8.51. The fraction of sp³-hybridized carbons (Fsp3) is 0.333. The van der Waals surface area contributed by atoms with E-state index in [9.17, 15) is 0 Å². The third kappa shape index (κ3) is 6.02. The predicted molar refractivity (Wildman–Crippen MR) is 151 cm³/mol. The van der Waals surface area contributed by atoms with Crippen molar-refractivity contribution in [3.63, 3.8) is 0 Å². The monoisotopic (exact) mass is 480 g/mol. The Kier molecular flexibility index (Phi) is 8.20. The van der Waals surface area contributed by atoms with E-state index in [4.69, 9.17) is 4.84 Å². The van der Waals surface area contributed by atoms with Crippen molar-refractivity contribution in [2.45, 2.75) is 57.3 Å². The molecule has 2 aromatic carbocycles. The molecule has 1 fully saturated rings. The first-order valence-corrected chi connectivity index (χ1v) is 13.1. The van der Waals surface area contributed by atoms with E-state index in [0.717, 1.165) is 80.8 Å². The smallest absolute Gasteiger partial charge is 0.133 e. The van der Waals surface area contributed by atoms with Crippen LogP contribution in [0.2, 0.25) is 0 Å². The second-order valence-corrected chi connectivity index (χ2v) is 10.2. The average molecular weight is 481 g/mol. The molecule has 0 radical (unpaired) electrons. The third-order valence-corrected chi connectivity index (χ3v) is 7.57. The molecule has 3 nitrogen and oxygen atoms in total. The van der Waals surface area contributed by atoms with Crippen LogP contribution in [0.5, 0.6) is 0 Å². The highest BCUT2D eigenvalue weighted by Crippen LogP contribution is 2.35. The van der Waals surface area contributed by atoms with E-state index in [-0.39, 0.29) is 5.92 Å². The van der Waals surface area contributed by atoms with Crippen LogP contribution in [0.15, 0.2) is 110 Å². The van der Waals surface area contributed by atoms with E-state index in [1.165, 1.54) is 27.8 Å². The van der Waals surface area contributed by atoms with Crippen LogP contribution in [-0.2, 0) is 24.1 Å². The molecule has 3 heteroatoms. The minimum Gasteiger partial charge on any atom is -0.385 e. The Labute approximate surface area is 217 Å². The highest BCUT2D eigenvalue weighted by Gasteiger charge is 2.25. The van der Waals surface area contributed by atoms with Crippen molar-refractivity contribution in [1.29, 1.82) is 0 Å². The molecule has 1 saturated heterocycles. The number of hydroxylamine groups is 2. The van der Waals surface area contributed by atoms with Crippen LogP contribution in [0.1, 0.15) is 60.3 Å². The zero-order valence-corrected chi connectivity index (χ0v) is 21.9. The van der Waals surface area contributed by atoms with Crippen LogP contribution in [0, 0.1) is 0 Å². The largest absolute Gasteiger partial charge is 0.385 e. The molecule has 2 aliphatic rings. The van der Waals surface area contributed by atoms with Gasteiger partial charge < -0.3 is 9.74 Å². The van der Waals surface area contributed by atoms with Crippen molar-refractivity contribution in [1.82, 2.24) is 9.96 Å². The quantitative estimate of drug-likeness (QED) is 0.196. The fourth-order valence-electron chi connectivity index (χ4n) is 5.30. The number of hydrogen-bond acceptors (Lipinski definition) is 3. The number of benzene rings is 2. The molecule has 1 atom stereocenters. The Hall–Kier alpha value is -3.46. The van der Waals surface area contributed by atoms with Crippen LogP contribution in [-0.4, -0.2) is 23.6 Å². The Bertz CT molecular complexity index is 1160. The maximum Gasteiger partial charge on any atom is 0.133 e. The van der Waals surface area contributed by atoms with Gasteiger partial charge in [-0.3, -0.25) is 0 Å². The van der Waals surface area contributed by atoms with Gasteiger partial charge in [-0.2, -0.15) is 0 Å². The molecular formula is C33H40N2O. The molecule has 0 aromatic heterocycles. The van der Waals surface area contributed by atoms with Crippen molar-refractivity contribution in [3.05, 3.63) is 132 Å². The molecule has 0 saturated carbocycles. The summed E-state index contributed by atoms with van der Waals surface area (Å²) < 4.78 is 0. The molecule has 4 rings (SSSR count). The first-order chi connectivity index (χ1) is 17.3. The summed E-state index contributed by atoms with van der Waals surface area (Å²) >= 11 is 0. The van der Waals surface area contributed by atoms with Crippen molar-refractivity contribution < 1.29 is 4.84 Å². The first-order valence-electron chi connectivity index (χ1n) is 13.1. The van der Waals surface area contributed by atoms with E-state index in [2.05, 4.69) is 86.3 Å². The molecule has 0 spiro atoms. The van der Waals surface area contributed by atoms with Gasteiger partial charge in [-0.05, 0) is 73.6 Å². The average Bonchev–Trinajstić information content (AvgIpc) is 3.17. The van der Waals surface area contributed by atoms with Gasteiger partial charge in [0, 0.05) is 36.6 Å². The van der Waals surface area contributed by atoms with Crippen LogP contribution in [0.3, 0.4) is 0 Å². The van der Waals surface area contributed by atoms with E-state index >= 15 is 0 Å². The number of allylic oxidation sites excluding steroid dienone is 4. The lowest BCUT2D eigenvalue weighted by molar-refractivity contribution is -0.0738. The molecule has 1 unspecified atom stereocenters. The molecule has 1 heterocycles. The van der Waals surface area contributed by atoms with E-state index in [1.54, 1.807) is 5.06 Å². The molecular weight excluding hydrogens is 440 g/mol. The molecule has 2 aromatic rings. The van der Waals surface area contributed by atoms with Gasteiger partial charge in [0.15, 0.2) is 0 Å². The Balaban J connectivity index is 1.33. The molecule has 1 aliphatic carbocycles. The zero-order valence-electron chi connectivity index (χ0n) is 21.9. The summed E-state index contributed by atoms with van der Waals surface area (Å²) in [6, 6.07) is 17.5. The number of aryl methyl sites for hydroxylation is 2. The van der Waals surface area contributed by atoms with Crippen molar-refractivity contribution in [3.8, 4) is 0 Å². The Morgan fingerprint density at radius 1 is 0.861 bits per heavy atom. The highest BCUT2D eigenvalue weighted by molar-refractivity contribution is 5.41. The fourth-order valence-corrected chi connectivity index (χ4v) is 5.30. The molecule has 0 amide bonds. The van der Waals surface area contributed by atoms with Gasteiger partial charge in [0.1, 0.15) is 5.76 Å². The number of likely N-dealkylation sites (tertiary alicyclic amines) is 1. The minimum absolute atomic E-state index is 0.0966. The molecule has 0 bridgehead atoms. The SMILES string of the molecule is C=C(CCCC(=C)N(C)OC(=C)C1Cc2ccccc2CCc2ccccc21)CN1C(=C)CCC1=C. The Morgan fingerprint density at radius 2 is 1.47 bits per heavy atom. The van der Waals surface area contributed by atoms with Gasteiger partial charge in [-0.25, -0.2) is 5.06 Å². The summed E-state index contributed by atoms with van der Waals surface area (Å²) in [7, 11) is 1.93. The lowest BCUT2D eigenvalue weighted by atomic mass is 9.81. The molecule has 188 valence electrons. The summed E-state index contributed by atoms with van der Waals surface area (Å²) in [6.07, 6.45) is 7.75. The molecule has 0 N–H and O–H groups in total. The van der Waals surface area contributed by atoms with Gasteiger partial charge >= 0.3 is 0 Å². The summed E-state index contributed by atoms with van der Waals surface area (Å²) in [5.74, 6) is 0.859. The summed E-state index contributed by atoms with van der Waals surface area (Å²) in [6.45, 7) is 22.1.